The third-order valence-electron chi connectivity index (χ3n) is 3.51. The predicted octanol–water partition coefficient (Wildman–Crippen LogP) is 5.00. The molecule has 0 saturated carbocycles. The smallest absolute Gasteiger partial charge is 0.270 e. The molecule has 1 fully saturated rings. The van der Waals surface area contributed by atoms with Crippen LogP contribution in [0.4, 0.5) is 5.69 Å². The van der Waals surface area contributed by atoms with Gasteiger partial charge in [0.25, 0.3) is 11.6 Å². The van der Waals surface area contributed by atoms with Gasteiger partial charge in [0.15, 0.2) is 0 Å². The van der Waals surface area contributed by atoms with Gasteiger partial charge in [0.2, 0.25) is 0 Å². The molecule has 1 aliphatic heterocycles. The van der Waals surface area contributed by atoms with E-state index >= 15 is 0 Å². The molecule has 9 heteroatoms. The number of thiocarbonyl (C=S) groups is 1. The molecular formula is C17H11BrN2O4S2. The number of nitrogens with zero attached hydrogens (tertiary/aromatic N) is 2. The van der Waals surface area contributed by atoms with Crippen molar-refractivity contribution in [3.63, 3.8) is 0 Å². The van der Waals surface area contributed by atoms with Gasteiger partial charge in [0.05, 0.1) is 9.83 Å². The average molecular weight is 451 g/mol. The van der Waals surface area contributed by atoms with Gasteiger partial charge in [-0.15, -0.1) is 6.58 Å². The minimum absolute atomic E-state index is 0.0155. The van der Waals surface area contributed by atoms with E-state index in [1.807, 2.05) is 0 Å². The van der Waals surface area contributed by atoms with Crippen molar-refractivity contribution in [3.8, 4) is 11.3 Å². The Hall–Kier alpha value is -2.23. The summed E-state index contributed by atoms with van der Waals surface area (Å²) in [5.41, 5.74) is 0.660. The van der Waals surface area contributed by atoms with Crippen LogP contribution in [0.3, 0.4) is 0 Å². The van der Waals surface area contributed by atoms with E-state index in [0.29, 0.717) is 37.3 Å². The maximum Gasteiger partial charge on any atom is 0.270 e. The lowest BCUT2D eigenvalue weighted by Crippen LogP contribution is -2.27. The molecule has 0 N–H and O–H groups in total. The van der Waals surface area contributed by atoms with E-state index in [1.165, 1.54) is 28.8 Å². The molecule has 0 bridgehead atoms. The number of nitro groups is 1. The Morgan fingerprint density at radius 1 is 1.38 bits per heavy atom. The van der Waals surface area contributed by atoms with Crippen LogP contribution in [-0.2, 0) is 4.79 Å². The SMILES string of the molecule is C=CCN1C(=O)C(=Cc2ccc(-c3ccc([N+](=O)[O-])cc3Br)o2)SC1=S. The molecule has 1 aromatic heterocycles. The summed E-state index contributed by atoms with van der Waals surface area (Å²) in [5, 5.41) is 10.8. The molecule has 1 saturated heterocycles. The first-order valence-electron chi connectivity index (χ1n) is 7.31. The minimum atomic E-state index is -0.465. The molecular weight excluding hydrogens is 440 g/mol. The maximum absolute atomic E-state index is 12.3. The fourth-order valence-electron chi connectivity index (χ4n) is 2.31. The Bertz CT molecular complexity index is 967. The second-order valence-corrected chi connectivity index (χ2v) is 7.73. The van der Waals surface area contributed by atoms with Crippen molar-refractivity contribution >= 4 is 61.9 Å². The van der Waals surface area contributed by atoms with Crippen LogP contribution in [0.25, 0.3) is 17.4 Å². The number of rotatable bonds is 5. The van der Waals surface area contributed by atoms with Gasteiger partial charge >= 0.3 is 0 Å². The zero-order valence-corrected chi connectivity index (χ0v) is 16.4. The minimum Gasteiger partial charge on any atom is -0.457 e. The van der Waals surface area contributed by atoms with Gasteiger partial charge in [0, 0.05) is 34.8 Å². The van der Waals surface area contributed by atoms with Gasteiger partial charge < -0.3 is 4.42 Å². The third kappa shape index (κ3) is 3.64. The highest BCUT2D eigenvalue weighted by molar-refractivity contribution is 9.10. The summed E-state index contributed by atoms with van der Waals surface area (Å²) in [7, 11) is 0. The van der Waals surface area contributed by atoms with Gasteiger partial charge in [-0.1, -0.05) is 30.1 Å². The summed E-state index contributed by atoms with van der Waals surface area (Å²) in [6.45, 7) is 3.98. The summed E-state index contributed by atoms with van der Waals surface area (Å²) in [5.74, 6) is 0.832. The van der Waals surface area contributed by atoms with Gasteiger partial charge in [-0.25, -0.2) is 0 Å². The molecule has 1 amide bonds. The van der Waals surface area contributed by atoms with Crippen molar-refractivity contribution in [3.05, 3.63) is 68.2 Å². The van der Waals surface area contributed by atoms with Crippen LogP contribution in [0.5, 0.6) is 0 Å². The number of hydrogen-bond acceptors (Lipinski definition) is 6. The molecule has 1 aromatic carbocycles. The normalized spacial score (nSPS) is 15.7. The number of furan rings is 1. The molecule has 6 nitrogen and oxygen atoms in total. The number of thioether (sulfide) groups is 1. The summed E-state index contributed by atoms with van der Waals surface area (Å²) < 4.78 is 6.79. The molecule has 0 aliphatic carbocycles. The highest BCUT2D eigenvalue weighted by Crippen LogP contribution is 2.35. The first kappa shape index (κ1) is 18.6. The molecule has 2 aromatic rings. The van der Waals surface area contributed by atoms with Crippen molar-refractivity contribution in [2.45, 2.75) is 0 Å². The highest BCUT2D eigenvalue weighted by Gasteiger charge is 2.31. The summed E-state index contributed by atoms with van der Waals surface area (Å²) in [4.78, 5) is 24.6. The van der Waals surface area contributed by atoms with Crippen molar-refractivity contribution in [1.29, 1.82) is 0 Å². The van der Waals surface area contributed by atoms with E-state index in [1.54, 1.807) is 30.4 Å². The second kappa shape index (κ2) is 7.56. The molecule has 0 atom stereocenters. The first-order valence-corrected chi connectivity index (χ1v) is 9.33. The Morgan fingerprint density at radius 2 is 2.15 bits per heavy atom. The van der Waals surface area contributed by atoms with Crippen LogP contribution in [0, 0.1) is 10.1 Å². The molecule has 0 spiro atoms. The summed E-state index contributed by atoms with van der Waals surface area (Å²) >= 11 is 9.72. The molecule has 26 heavy (non-hydrogen) atoms. The summed E-state index contributed by atoms with van der Waals surface area (Å²) in [6, 6.07) is 7.89. The first-order chi connectivity index (χ1) is 12.4. The lowest BCUT2D eigenvalue weighted by atomic mass is 10.1. The number of nitro benzene ring substituents is 1. The predicted molar refractivity (Wildman–Crippen MR) is 109 cm³/mol. The van der Waals surface area contributed by atoms with E-state index in [0.717, 1.165) is 0 Å². The number of benzene rings is 1. The molecule has 3 rings (SSSR count). The Kier molecular flexibility index (Phi) is 5.40. The van der Waals surface area contributed by atoms with Crippen LogP contribution in [0.15, 0.2) is 56.8 Å². The fourth-order valence-corrected chi connectivity index (χ4v) is 4.13. The highest BCUT2D eigenvalue weighted by atomic mass is 79.9. The van der Waals surface area contributed by atoms with Crippen molar-refractivity contribution in [2.75, 3.05) is 6.54 Å². The zero-order valence-electron chi connectivity index (χ0n) is 13.2. The van der Waals surface area contributed by atoms with E-state index in [4.69, 9.17) is 16.6 Å². The van der Waals surface area contributed by atoms with E-state index in [-0.39, 0.29) is 11.6 Å². The van der Waals surface area contributed by atoms with Gasteiger partial charge in [-0.3, -0.25) is 19.8 Å². The second-order valence-electron chi connectivity index (χ2n) is 5.20. The quantitative estimate of drug-likeness (QED) is 0.209. The van der Waals surface area contributed by atoms with Crippen LogP contribution in [0.1, 0.15) is 5.76 Å². The lowest BCUT2D eigenvalue weighted by Gasteiger charge is -2.10. The Labute approximate surface area is 166 Å². The number of non-ortho nitro benzene ring substituents is 1. The Balaban J connectivity index is 1.87. The largest absolute Gasteiger partial charge is 0.457 e. The number of carbonyl (C=O) groups is 1. The monoisotopic (exact) mass is 450 g/mol. The lowest BCUT2D eigenvalue weighted by molar-refractivity contribution is -0.384. The third-order valence-corrected chi connectivity index (χ3v) is 5.55. The molecule has 0 radical (unpaired) electrons. The number of halogens is 1. The topological polar surface area (TPSA) is 76.6 Å². The standard InChI is InChI=1S/C17H11BrN2O4S2/c1-2-7-19-16(21)15(26-17(19)25)9-11-4-6-14(24-11)12-5-3-10(20(22)23)8-13(12)18/h2-6,8-9H,1,7H2. The van der Waals surface area contributed by atoms with Crippen LogP contribution >= 0.6 is 39.9 Å². The van der Waals surface area contributed by atoms with E-state index < -0.39 is 4.92 Å². The zero-order chi connectivity index (χ0) is 18.8. The van der Waals surface area contributed by atoms with Crippen molar-refractivity contribution in [2.24, 2.45) is 0 Å². The molecule has 0 unspecified atom stereocenters. The Morgan fingerprint density at radius 3 is 2.81 bits per heavy atom. The van der Waals surface area contributed by atoms with E-state index in [9.17, 15) is 14.9 Å². The van der Waals surface area contributed by atoms with Crippen LogP contribution in [0.2, 0.25) is 0 Å². The maximum atomic E-state index is 12.3. The average Bonchev–Trinajstić information content (AvgIpc) is 3.15. The van der Waals surface area contributed by atoms with Crippen molar-refractivity contribution in [1.82, 2.24) is 4.90 Å². The van der Waals surface area contributed by atoms with E-state index in [2.05, 4.69) is 22.5 Å². The van der Waals surface area contributed by atoms with Gasteiger partial charge in [0.1, 0.15) is 15.8 Å². The van der Waals surface area contributed by atoms with Crippen molar-refractivity contribution < 1.29 is 14.1 Å². The number of carbonyl (C=O) groups excluding carboxylic acids is 1. The molecule has 2 heterocycles. The van der Waals surface area contributed by atoms with Crippen LogP contribution < -0.4 is 0 Å². The van der Waals surface area contributed by atoms with Crippen LogP contribution in [-0.4, -0.2) is 26.6 Å². The number of hydrogen-bond donors (Lipinski definition) is 0. The number of amides is 1. The van der Waals surface area contributed by atoms with Gasteiger partial charge in [-0.05, 0) is 34.1 Å². The molecule has 1 aliphatic rings. The summed E-state index contributed by atoms with van der Waals surface area (Å²) in [6.07, 6.45) is 3.25. The molecule has 132 valence electrons. The fraction of sp³-hybridized carbons (Fsp3) is 0.0588. The van der Waals surface area contributed by atoms with Gasteiger partial charge in [-0.2, -0.15) is 0 Å².